The molecule has 88 valence electrons. The molecule has 0 radical (unpaired) electrons. The van der Waals surface area contributed by atoms with Crippen molar-refractivity contribution < 1.29 is 9.53 Å². The van der Waals surface area contributed by atoms with Crippen LogP contribution in [-0.2, 0) is 4.74 Å². The van der Waals surface area contributed by atoms with Gasteiger partial charge in [0.25, 0.3) is 5.91 Å². The van der Waals surface area contributed by atoms with Crippen LogP contribution < -0.4 is 0 Å². The zero-order valence-corrected chi connectivity index (χ0v) is 9.73. The summed E-state index contributed by atoms with van der Waals surface area (Å²) in [6.07, 6.45) is 1.44. The van der Waals surface area contributed by atoms with E-state index in [1.54, 1.807) is 4.90 Å². The Morgan fingerprint density at radius 3 is 3.06 bits per heavy atom. The number of nitrogens with one attached hydrogen (secondary N) is 1. The van der Waals surface area contributed by atoms with Gasteiger partial charge in [-0.1, -0.05) is 0 Å². The van der Waals surface area contributed by atoms with Crippen molar-refractivity contribution in [3.05, 3.63) is 11.9 Å². The van der Waals surface area contributed by atoms with Gasteiger partial charge in [-0.15, -0.1) is 0 Å². The summed E-state index contributed by atoms with van der Waals surface area (Å²) in [5.74, 6) is -0.0994. The highest BCUT2D eigenvalue weighted by Crippen LogP contribution is 2.25. The second-order valence-corrected chi connectivity index (χ2v) is 4.48. The van der Waals surface area contributed by atoms with E-state index in [2.05, 4.69) is 15.4 Å². The lowest BCUT2D eigenvalue weighted by Crippen LogP contribution is -2.57. The minimum absolute atomic E-state index is 0.0189. The fourth-order valence-corrected chi connectivity index (χ4v) is 1.83. The summed E-state index contributed by atoms with van der Waals surface area (Å²) in [5, 5.41) is 9.90. The van der Waals surface area contributed by atoms with Gasteiger partial charge < -0.3 is 9.64 Å². The van der Waals surface area contributed by atoms with E-state index >= 15 is 0 Å². The number of carbonyl (C=O) groups is 1. The Morgan fingerprint density at radius 2 is 2.44 bits per heavy atom. The van der Waals surface area contributed by atoms with Crippen LogP contribution in [-0.4, -0.2) is 51.0 Å². The van der Waals surface area contributed by atoms with Gasteiger partial charge in [0.2, 0.25) is 0 Å². The van der Waals surface area contributed by atoms with Gasteiger partial charge in [0, 0.05) is 6.54 Å². The molecule has 1 aromatic rings. The van der Waals surface area contributed by atoms with Crippen LogP contribution >= 0.6 is 0 Å². The highest BCUT2D eigenvalue weighted by atomic mass is 16.5. The van der Waals surface area contributed by atoms with Crippen LogP contribution in [0.5, 0.6) is 0 Å². The molecule has 1 aromatic heterocycles. The number of ether oxygens (including phenoxy) is 1. The van der Waals surface area contributed by atoms with Crippen molar-refractivity contribution in [3.8, 4) is 0 Å². The van der Waals surface area contributed by atoms with Crippen LogP contribution in [0.3, 0.4) is 0 Å². The molecule has 0 aliphatic carbocycles. The van der Waals surface area contributed by atoms with E-state index in [0.29, 0.717) is 18.8 Å². The molecule has 1 amide bonds. The van der Waals surface area contributed by atoms with Crippen molar-refractivity contribution in [1.29, 1.82) is 0 Å². The van der Waals surface area contributed by atoms with Crippen molar-refractivity contribution in [1.82, 2.24) is 20.3 Å². The molecule has 0 saturated carbocycles. The molecule has 1 aliphatic rings. The highest BCUT2D eigenvalue weighted by molar-refractivity contribution is 5.92. The quantitative estimate of drug-likeness (QED) is 0.751. The Kier molecular flexibility index (Phi) is 2.67. The third-order valence-corrected chi connectivity index (χ3v) is 3.17. The fraction of sp³-hybridized carbons (Fsp3) is 0.700. The topological polar surface area (TPSA) is 71.1 Å². The summed E-state index contributed by atoms with van der Waals surface area (Å²) in [4.78, 5) is 13.9. The SMILES string of the molecule is C[C@@H]1N(C(=O)c2cn[nH]n2)CCOC1(C)C. The number of nitrogens with zero attached hydrogens (tertiary/aromatic N) is 3. The van der Waals surface area contributed by atoms with Crippen LogP contribution in [0.25, 0.3) is 0 Å². The fourth-order valence-electron chi connectivity index (χ4n) is 1.83. The van der Waals surface area contributed by atoms with Crippen LogP contribution in [0, 0.1) is 0 Å². The van der Waals surface area contributed by atoms with E-state index in [0.717, 1.165) is 0 Å². The van der Waals surface area contributed by atoms with Gasteiger partial charge in [0.15, 0.2) is 5.69 Å². The predicted molar refractivity (Wildman–Crippen MR) is 56.9 cm³/mol. The lowest BCUT2D eigenvalue weighted by Gasteiger charge is -2.44. The van der Waals surface area contributed by atoms with Crippen molar-refractivity contribution >= 4 is 5.91 Å². The molecule has 1 saturated heterocycles. The van der Waals surface area contributed by atoms with E-state index < -0.39 is 0 Å². The van der Waals surface area contributed by atoms with E-state index in [4.69, 9.17) is 4.74 Å². The first-order valence-corrected chi connectivity index (χ1v) is 5.33. The van der Waals surface area contributed by atoms with Crippen molar-refractivity contribution in [2.75, 3.05) is 13.2 Å². The van der Waals surface area contributed by atoms with Gasteiger partial charge in [-0.05, 0) is 20.8 Å². The summed E-state index contributed by atoms with van der Waals surface area (Å²) in [5.41, 5.74) is 0.0297. The summed E-state index contributed by atoms with van der Waals surface area (Å²) in [7, 11) is 0. The van der Waals surface area contributed by atoms with E-state index in [1.165, 1.54) is 6.20 Å². The largest absolute Gasteiger partial charge is 0.372 e. The van der Waals surface area contributed by atoms with Crippen LogP contribution in [0.2, 0.25) is 0 Å². The van der Waals surface area contributed by atoms with Crippen LogP contribution in [0.1, 0.15) is 31.3 Å². The van der Waals surface area contributed by atoms with E-state index in [9.17, 15) is 4.79 Å². The number of hydrogen-bond donors (Lipinski definition) is 1. The number of amides is 1. The number of H-pyrrole nitrogens is 1. The molecule has 6 heteroatoms. The van der Waals surface area contributed by atoms with E-state index in [-0.39, 0.29) is 17.6 Å². The summed E-state index contributed by atoms with van der Waals surface area (Å²) < 4.78 is 5.64. The van der Waals surface area contributed by atoms with Crippen molar-refractivity contribution in [3.63, 3.8) is 0 Å². The normalized spacial score (nSPS) is 24.4. The third-order valence-electron chi connectivity index (χ3n) is 3.17. The van der Waals surface area contributed by atoms with Gasteiger partial charge >= 0.3 is 0 Å². The number of aromatic amines is 1. The van der Waals surface area contributed by atoms with Gasteiger partial charge in [0.05, 0.1) is 24.4 Å². The Hall–Kier alpha value is -1.43. The monoisotopic (exact) mass is 224 g/mol. The van der Waals surface area contributed by atoms with Gasteiger partial charge in [0.1, 0.15) is 0 Å². The number of rotatable bonds is 1. The average Bonchev–Trinajstić information content (AvgIpc) is 2.74. The zero-order valence-electron chi connectivity index (χ0n) is 9.73. The number of hydrogen-bond acceptors (Lipinski definition) is 4. The third kappa shape index (κ3) is 1.80. The van der Waals surface area contributed by atoms with Gasteiger partial charge in [-0.25, -0.2) is 0 Å². The number of aromatic nitrogens is 3. The Morgan fingerprint density at radius 1 is 1.69 bits per heavy atom. The smallest absolute Gasteiger partial charge is 0.276 e. The number of carbonyl (C=O) groups excluding carboxylic acids is 1. The first-order valence-electron chi connectivity index (χ1n) is 5.33. The van der Waals surface area contributed by atoms with Gasteiger partial charge in [-0.2, -0.15) is 15.4 Å². The standard InChI is InChI=1S/C10H16N4O2/c1-7-10(2,3)16-5-4-14(7)9(15)8-6-11-13-12-8/h6-7H,4-5H2,1-3H3,(H,11,12,13)/t7-/m0/s1. The van der Waals surface area contributed by atoms with Crippen molar-refractivity contribution in [2.24, 2.45) is 0 Å². The molecule has 0 unspecified atom stereocenters. The maximum Gasteiger partial charge on any atom is 0.276 e. The maximum absolute atomic E-state index is 12.1. The van der Waals surface area contributed by atoms with Crippen LogP contribution in [0.4, 0.5) is 0 Å². The molecule has 1 atom stereocenters. The molecule has 0 spiro atoms. The maximum atomic E-state index is 12.1. The van der Waals surface area contributed by atoms with E-state index in [1.807, 2.05) is 20.8 Å². The second-order valence-electron chi connectivity index (χ2n) is 4.48. The van der Waals surface area contributed by atoms with Gasteiger partial charge in [-0.3, -0.25) is 4.79 Å². The molecular weight excluding hydrogens is 208 g/mol. The molecule has 2 heterocycles. The molecule has 16 heavy (non-hydrogen) atoms. The minimum atomic E-state index is -0.322. The lowest BCUT2D eigenvalue weighted by molar-refractivity contribution is -0.109. The predicted octanol–water partition coefficient (Wildman–Crippen LogP) is 0.444. The molecule has 0 aromatic carbocycles. The molecule has 0 bridgehead atoms. The van der Waals surface area contributed by atoms with Crippen LogP contribution in [0.15, 0.2) is 6.20 Å². The zero-order chi connectivity index (χ0) is 11.8. The molecule has 2 rings (SSSR count). The lowest BCUT2D eigenvalue weighted by atomic mass is 9.96. The summed E-state index contributed by atoms with van der Waals surface area (Å²) in [6, 6.07) is 0.0189. The molecule has 1 aliphatic heterocycles. The molecule has 6 nitrogen and oxygen atoms in total. The second kappa shape index (κ2) is 3.86. The summed E-state index contributed by atoms with van der Waals surface area (Å²) in [6.45, 7) is 7.11. The molecular formula is C10H16N4O2. The molecule has 1 fully saturated rings. The Balaban J connectivity index is 2.18. The Labute approximate surface area is 94.0 Å². The summed E-state index contributed by atoms with van der Waals surface area (Å²) >= 11 is 0. The first-order chi connectivity index (χ1) is 7.52. The molecule has 1 N–H and O–H groups in total. The van der Waals surface area contributed by atoms with Crippen molar-refractivity contribution in [2.45, 2.75) is 32.4 Å². The average molecular weight is 224 g/mol. The highest BCUT2D eigenvalue weighted by Gasteiger charge is 2.38. The first kappa shape index (κ1) is 11.1. The Bertz CT molecular complexity index is 374. The number of morpholine rings is 1. The minimum Gasteiger partial charge on any atom is -0.372 e.